The first-order chi connectivity index (χ1) is 34.6. The zero-order valence-corrected chi connectivity index (χ0v) is 55.8. The monoisotopic (exact) mass is 1210 g/mol. The van der Waals surface area contributed by atoms with Gasteiger partial charge in [-0.1, -0.05) is 24.3 Å². The normalized spacial score (nSPS) is 13.5. The number of hydrazone groups is 1. The molecule has 1 aliphatic rings. The van der Waals surface area contributed by atoms with Crippen molar-refractivity contribution in [3.05, 3.63) is 131 Å². The van der Waals surface area contributed by atoms with Crippen LogP contribution in [0.15, 0.2) is 176 Å². The summed E-state index contributed by atoms with van der Waals surface area (Å²) < 4.78 is 186. The maximum Gasteiger partial charge on any atom is 1.00 e. The van der Waals surface area contributed by atoms with Crippen LogP contribution >= 0.6 is 0 Å². The third-order valence-electron chi connectivity index (χ3n) is 10.6. The van der Waals surface area contributed by atoms with Crippen molar-refractivity contribution in [2.24, 2.45) is 35.8 Å². The summed E-state index contributed by atoms with van der Waals surface area (Å²) in [6.07, 6.45) is 0.741. The minimum absolute atomic E-state index is 0. The molecule has 0 spiro atoms. The number of nitrogens with zero attached hydrogens (tertiary/aromatic N) is 7. The van der Waals surface area contributed by atoms with Gasteiger partial charge in [0.2, 0.25) is 5.78 Å². The van der Waals surface area contributed by atoms with Gasteiger partial charge in [-0.3, -0.25) is 10.2 Å². The van der Waals surface area contributed by atoms with E-state index in [0.717, 1.165) is 79.9 Å². The summed E-state index contributed by atoms with van der Waals surface area (Å²) in [6.45, 7) is 0. The molecule has 380 valence electrons. The molecule has 79 heavy (non-hydrogen) atoms. The van der Waals surface area contributed by atoms with Crippen molar-refractivity contribution in [3.8, 4) is 5.75 Å². The number of fused-ring (bicyclic) bond motifs is 3. The molecule has 0 aromatic heterocycles. The van der Waals surface area contributed by atoms with Crippen molar-refractivity contribution in [2.45, 2.75) is 19.6 Å². The number of hydrogen-bond donors (Lipinski definition) is 2. The number of hydrogen-bond acceptors (Lipinski definition) is 26. The van der Waals surface area contributed by atoms with E-state index < -0.39 is 86.6 Å². The van der Waals surface area contributed by atoms with Crippen LogP contribution in [-0.2, 0) is 50.6 Å². The number of benzene rings is 7. The largest absolute Gasteiger partial charge is 1.00 e. The summed E-state index contributed by atoms with van der Waals surface area (Å²) in [4.78, 5) is 10.1. The van der Waals surface area contributed by atoms with Crippen LogP contribution in [0.3, 0.4) is 0 Å². The van der Waals surface area contributed by atoms with Crippen LogP contribution in [0.2, 0.25) is 0 Å². The molecule has 0 amide bonds. The quantitative estimate of drug-likeness (QED) is 0.0336. The van der Waals surface area contributed by atoms with Crippen molar-refractivity contribution in [2.75, 3.05) is 18.3 Å². The predicted octanol–water partition coefficient (Wildman–Crippen LogP) is -7.98. The zero-order chi connectivity index (χ0) is 53.7. The number of carbonyl (C=O) groups is 1. The molecule has 0 bridgehead atoms. The fourth-order valence-corrected chi connectivity index (χ4v) is 9.81. The molecule has 8 rings (SSSR count). The fourth-order valence-electron chi connectivity index (χ4n) is 7.16. The molecule has 0 radical (unpaired) electrons. The predicted molar refractivity (Wildman–Crippen MR) is 256 cm³/mol. The molecule has 3 N–H and O–H groups in total. The van der Waals surface area contributed by atoms with Crippen molar-refractivity contribution < 1.29 is 222 Å². The molecular formula is C43H26N9Na5O17S5. The van der Waals surface area contributed by atoms with Crippen LogP contribution in [0.1, 0.15) is 15.9 Å². The number of methoxy groups -OCH3 is 1. The van der Waals surface area contributed by atoms with Crippen LogP contribution in [0.5, 0.6) is 5.75 Å². The molecule has 36 heteroatoms. The van der Waals surface area contributed by atoms with Crippen molar-refractivity contribution in [1.29, 1.82) is 0 Å². The second-order valence-corrected chi connectivity index (χ2v) is 22.1. The Kier molecular flexibility index (Phi) is 24.4. The second-order valence-electron chi connectivity index (χ2n) is 15.2. The van der Waals surface area contributed by atoms with Crippen molar-refractivity contribution in [3.63, 3.8) is 0 Å². The molecule has 26 nitrogen and oxygen atoms in total. The van der Waals surface area contributed by atoms with Gasteiger partial charge in [0.25, 0.3) is 0 Å². The SMILES string of the molecule is COc1cc(N=Nc2ccc(N=Nc3cccc(S(=O)(=O)[O-])c3)c3ccc(S(=O)(=O)[O-])cc23)c2cc(S(=O)(=O)[O-])ccc2c1NN=C1C(=O)c2ccc(N)c(N=Nc3cccc(S(=O)(=O)[O-])c3)c2C=C1S(=O)(=O)[O-].[Na+].[Na+].[Na+].[Na+].[Na+]. The molecule has 0 fully saturated rings. The molecule has 1 aliphatic carbocycles. The van der Waals surface area contributed by atoms with Crippen molar-refractivity contribution in [1.82, 2.24) is 0 Å². The number of ketones is 1. The van der Waals surface area contributed by atoms with Gasteiger partial charge in [0.15, 0.2) is 0 Å². The number of Topliss-reactive ketones (excluding diaryl/α,β-unsaturated/α-hetero) is 1. The van der Waals surface area contributed by atoms with Gasteiger partial charge in [-0.25, -0.2) is 42.1 Å². The minimum Gasteiger partial charge on any atom is -0.744 e. The molecule has 0 aliphatic heterocycles. The molecule has 7 aromatic carbocycles. The number of rotatable bonds is 14. The van der Waals surface area contributed by atoms with Crippen LogP contribution < -0.4 is 164 Å². The molecule has 0 saturated heterocycles. The first-order valence-corrected chi connectivity index (χ1v) is 27.2. The van der Waals surface area contributed by atoms with Crippen LogP contribution in [0.25, 0.3) is 27.6 Å². The van der Waals surface area contributed by atoms with Gasteiger partial charge in [0.1, 0.15) is 73.4 Å². The summed E-state index contributed by atoms with van der Waals surface area (Å²) in [5.74, 6) is -1.39. The molecule has 7 aromatic rings. The Hall–Kier alpha value is -3.11. The summed E-state index contributed by atoms with van der Waals surface area (Å²) >= 11 is 0. The number of nitrogen functional groups attached to an aromatic ring is 1. The summed E-state index contributed by atoms with van der Waals surface area (Å²) in [5, 5.41) is 28.1. The number of ether oxygens (including phenoxy) is 1. The molecule has 0 unspecified atom stereocenters. The average Bonchev–Trinajstić information content (AvgIpc) is 3.33. The van der Waals surface area contributed by atoms with E-state index in [-0.39, 0.29) is 232 Å². The number of carbonyl (C=O) groups excluding carboxylic acids is 1. The van der Waals surface area contributed by atoms with E-state index in [9.17, 15) is 69.6 Å². The zero-order valence-electron chi connectivity index (χ0n) is 41.7. The fraction of sp³-hybridized carbons (Fsp3) is 0.0233. The Bertz CT molecular complexity index is 4360. The van der Waals surface area contributed by atoms with Gasteiger partial charge in [-0.15, -0.1) is 20.5 Å². The Morgan fingerprint density at radius 2 is 0.937 bits per heavy atom. The topological polar surface area (TPSA) is 437 Å². The van der Waals surface area contributed by atoms with Crippen LogP contribution in [-0.4, -0.2) is 83.5 Å². The first-order valence-electron chi connectivity index (χ1n) is 20.1. The van der Waals surface area contributed by atoms with E-state index in [2.05, 4.69) is 41.2 Å². The molecule has 0 atom stereocenters. The Morgan fingerprint density at radius 1 is 0.481 bits per heavy atom. The third-order valence-corrected chi connectivity index (χ3v) is 14.7. The van der Waals surface area contributed by atoms with Gasteiger partial charge < -0.3 is 33.2 Å². The maximum atomic E-state index is 14.1. The van der Waals surface area contributed by atoms with Gasteiger partial charge in [0, 0.05) is 38.7 Å². The third kappa shape index (κ3) is 16.2. The van der Waals surface area contributed by atoms with Gasteiger partial charge in [-0.2, -0.15) is 15.3 Å². The maximum absolute atomic E-state index is 14.1. The summed E-state index contributed by atoms with van der Waals surface area (Å²) in [5.41, 5.74) is 5.64. The Balaban J connectivity index is 0.00000328. The number of anilines is 2. The van der Waals surface area contributed by atoms with E-state index >= 15 is 0 Å². The minimum atomic E-state index is -5.59. The van der Waals surface area contributed by atoms with Crippen LogP contribution in [0, 0.1) is 0 Å². The Morgan fingerprint density at radius 3 is 1.44 bits per heavy atom. The van der Waals surface area contributed by atoms with Gasteiger partial charge in [0.05, 0.1) is 65.7 Å². The summed E-state index contributed by atoms with van der Waals surface area (Å²) in [7, 11) is -24.5. The number of azo groups is 3. The Labute approximate surface area is 560 Å². The first kappa shape index (κ1) is 70.2. The van der Waals surface area contributed by atoms with Crippen LogP contribution in [0.4, 0.5) is 45.5 Å². The van der Waals surface area contributed by atoms with Gasteiger partial charge >= 0.3 is 148 Å². The molecular weight excluding hydrogens is 1190 g/mol. The second kappa shape index (κ2) is 27.5. The smallest absolute Gasteiger partial charge is 0.744 e. The number of allylic oxidation sites excluding steroid dienone is 1. The van der Waals surface area contributed by atoms with E-state index in [1.807, 2.05) is 0 Å². The average molecular weight is 1220 g/mol. The van der Waals surface area contributed by atoms with E-state index in [1.165, 1.54) is 48.5 Å². The molecule has 0 heterocycles. The van der Waals surface area contributed by atoms with Crippen molar-refractivity contribution >= 4 is 135 Å². The van der Waals surface area contributed by atoms with E-state index in [0.29, 0.717) is 0 Å². The van der Waals surface area contributed by atoms with E-state index in [4.69, 9.17) is 10.5 Å². The summed E-state index contributed by atoms with van der Waals surface area (Å²) in [6, 6.07) is 21.0. The standard InChI is InChI=1S/C43H31N9O17S5.5Na/c1-69-38-21-37(49-48-36-15-14-35(28-10-8-26(18-31(28)36)72(60,61)62)47-45-22-4-2-6-24(16-22)70(54,55)56)32-19-27(73(63,64)65)9-11-29(32)41(38)51-52-42-39(74(66,67)68)20-33-30(43(42)53)12-13-34(44)40(33)50-46-23-5-3-7-25(17-23)71(57,58)59;;;;;/h2-21,51H,44H2,1H3,(H,54,55,56)(H,57,58,59)(H,60,61,62)(H,63,64,65)(H,66,67,68);;;;;/q;5*+1/p-5. The van der Waals surface area contributed by atoms with E-state index in [1.54, 1.807) is 0 Å². The van der Waals surface area contributed by atoms with Gasteiger partial charge in [-0.05, 0) is 91.0 Å². The number of nitrogens with one attached hydrogen (secondary N) is 1. The number of nitrogens with two attached hydrogens (primary N) is 1. The molecule has 0 saturated carbocycles.